The number of hydrogen-bond acceptors (Lipinski definition) is 3. The van der Waals surface area contributed by atoms with Gasteiger partial charge in [0.15, 0.2) is 0 Å². The Morgan fingerprint density at radius 3 is 2.81 bits per heavy atom. The first-order valence-electron chi connectivity index (χ1n) is 5.00. The fourth-order valence-corrected chi connectivity index (χ4v) is 1.25. The third-order valence-electron chi connectivity index (χ3n) is 2.13. The van der Waals surface area contributed by atoms with E-state index in [4.69, 9.17) is 5.11 Å². The second-order valence-corrected chi connectivity index (χ2v) is 3.47. The van der Waals surface area contributed by atoms with E-state index in [1.165, 1.54) is 0 Å². The van der Waals surface area contributed by atoms with Crippen molar-refractivity contribution in [1.29, 1.82) is 0 Å². The van der Waals surface area contributed by atoms with Crippen molar-refractivity contribution in [3.8, 4) is 0 Å². The van der Waals surface area contributed by atoms with E-state index < -0.39 is 5.97 Å². The van der Waals surface area contributed by atoms with Gasteiger partial charge < -0.3 is 10.4 Å². The zero-order valence-electron chi connectivity index (χ0n) is 9.01. The molecular weight excluding hydrogens is 208 g/mol. The first kappa shape index (κ1) is 12.2. The first-order valence-corrected chi connectivity index (χ1v) is 5.00. The Labute approximate surface area is 93.5 Å². The Morgan fingerprint density at radius 2 is 2.25 bits per heavy atom. The SMILES string of the molecule is C[C@@H](NC(=O)CCC(=O)O)c1cccnc1. The number of aromatic nitrogens is 1. The summed E-state index contributed by atoms with van der Waals surface area (Å²) < 4.78 is 0. The summed E-state index contributed by atoms with van der Waals surface area (Å²) in [5.74, 6) is -1.23. The van der Waals surface area contributed by atoms with Gasteiger partial charge in [-0.15, -0.1) is 0 Å². The second-order valence-electron chi connectivity index (χ2n) is 3.47. The van der Waals surface area contributed by atoms with Crippen molar-refractivity contribution in [3.05, 3.63) is 30.1 Å². The lowest BCUT2D eigenvalue weighted by molar-refractivity contribution is -0.138. The molecule has 16 heavy (non-hydrogen) atoms. The molecular formula is C11H14N2O3. The average molecular weight is 222 g/mol. The molecule has 1 amide bonds. The summed E-state index contributed by atoms with van der Waals surface area (Å²) in [6.07, 6.45) is 3.18. The third-order valence-corrected chi connectivity index (χ3v) is 2.13. The van der Waals surface area contributed by atoms with Crippen molar-refractivity contribution < 1.29 is 14.7 Å². The van der Waals surface area contributed by atoms with Crippen LogP contribution in [0.3, 0.4) is 0 Å². The van der Waals surface area contributed by atoms with Gasteiger partial charge in [0.1, 0.15) is 0 Å². The molecule has 0 fully saturated rings. The first-order chi connectivity index (χ1) is 7.59. The molecule has 1 heterocycles. The minimum Gasteiger partial charge on any atom is -0.481 e. The normalized spacial score (nSPS) is 11.8. The van der Waals surface area contributed by atoms with Crippen molar-refractivity contribution in [2.24, 2.45) is 0 Å². The predicted octanol–water partition coefficient (Wildman–Crippen LogP) is 1.12. The number of carbonyl (C=O) groups excluding carboxylic acids is 1. The van der Waals surface area contributed by atoms with E-state index in [1.54, 1.807) is 18.5 Å². The highest BCUT2D eigenvalue weighted by Gasteiger charge is 2.10. The molecule has 0 saturated heterocycles. The topological polar surface area (TPSA) is 79.3 Å². The standard InChI is InChI=1S/C11H14N2O3/c1-8(9-3-2-6-12-7-9)13-10(14)4-5-11(15)16/h2-3,6-8H,4-5H2,1H3,(H,13,14)(H,15,16)/t8-/m1/s1. The van der Waals surface area contributed by atoms with E-state index in [2.05, 4.69) is 10.3 Å². The number of nitrogens with one attached hydrogen (secondary N) is 1. The Morgan fingerprint density at radius 1 is 1.50 bits per heavy atom. The molecule has 0 bridgehead atoms. The molecule has 1 aromatic rings. The van der Waals surface area contributed by atoms with Gasteiger partial charge in [-0.05, 0) is 18.6 Å². The van der Waals surface area contributed by atoms with Crippen LogP contribution in [-0.4, -0.2) is 22.0 Å². The monoisotopic (exact) mass is 222 g/mol. The number of carbonyl (C=O) groups is 2. The summed E-state index contributed by atoms with van der Waals surface area (Å²) in [6.45, 7) is 1.83. The molecule has 1 aromatic heterocycles. The zero-order chi connectivity index (χ0) is 12.0. The van der Waals surface area contributed by atoms with Crippen LogP contribution in [0.5, 0.6) is 0 Å². The van der Waals surface area contributed by atoms with Crippen LogP contribution in [0.4, 0.5) is 0 Å². The van der Waals surface area contributed by atoms with E-state index >= 15 is 0 Å². The van der Waals surface area contributed by atoms with Gasteiger partial charge in [0.2, 0.25) is 5.91 Å². The predicted molar refractivity (Wildman–Crippen MR) is 57.7 cm³/mol. The Bertz CT molecular complexity index is 365. The molecule has 0 aliphatic rings. The molecule has 0 spiro atoms. The number of rotatable bonds is 5. The quantitative estimate of drug-likeness (QED) is 0.782. The third kappa shape index (κ3) is 4.08. The van der Waals surface area contributed by atoms with Crippen LogP contribution < -0.4 is 5.32 Å². The lowest BCUT2D eigenvalue weighted by Crippen LogP contribution is -2.26. The Kier molecular flexibility index (Phi) is 4.44. The minimum atomic E-state index is -0.968. The molecule has 0 saturated carbocycles. The van der Waals surface area contributed by atoms with Crippen molar-refractivity contribution in [3.63, 3.8) is 0 Å². The van der Waals surface area contributed by atoms with Crippen molar-refractivity contribution in [2.75, 3.05) is 0 Å². The Balaban J connectivity index is 2.43. The maximum absolute atomic E-state index is 11.3. The molecule has 2 N–H and O–H groups in total. The fourth-order valence-electron chi connectivity index (χ4n) is 1.25. The number of carboxylic acid groups (broad SMARTS) is 1. The van der Waals surface area contributed by atoms with E-state index in [0.29, 0.717) is 0 Å². The number of amides is 1. The van der Waals surface area contributed by atoms with Crippen LogP contribution in [0.15, 0.2) is 24.5 Å². The van der Waals surface area contributed by atoms with Crippen molar-refractivity contribution >= 4 is 11.9 Å². The van der Waals surface area contributed by atoms with Crippen LogP contribution >= 0.6 is 0 Å². The molecule has 0 unspecified atom stereocenters. The number of hydrogen-bond donors (Lipinski definition) is 2. The minimum absolute atomic E-state index is 0.0000640. The summed E-state index contributed by atoms with van der Waals surface area (Å²) in [4.78, 5) is 25.5. The summed E-state index contributed by atoms with van der Waals surface area (Å²) in [7, 11) is 0. The zero-order valence-corrected chi connectivity index (χ0v) is 9.01. The lowest BCUT2D eigenvalue weighted by atomic mass is 10.1. The van der Waals surface area contributed by atoms with Crippen LogP contribution in [-0.2, 0) is 9.59 Å². The van der Waals surface area contributed by atoms with Gasteiger partial charge in [-0.3, -0.25) is 14.6 Å². The molecule has 0 aliphatic carbocycles. The van der Waals surface area contributed by atoms with Crippen LogP contribution in [0.2, 0.25) is 0 Å². The highest BCUT2D eigenvalue weighted by Crippen LogP contribution is 2.09. The van der Waals surface area contributed by atoms with Crippen LogP contribution in [0, 0.1) is 0 Å². The molecule has 86 valence electrons. The summed E-state index contributed by atoms with van der Waals surface area (Å²) >= 11 is 0. The molecule has 5 nitrogen and oxygen atoms in total. The van der Waals surface area contributed by atoms with Gasteiger partial charge in [0.25, 0.3) is 0 Å². The van der Waals surface area contributed by atoms with Crippen LogP contribution in [0.25, 0.3) is 0 Å². The lowest BCUT2D eigenvalue weighted by Gasteiger charge is -2.13. The maximum atomic E-state index is 11.3. The van der Waals surface area contributed by atoms with E-state index in [1.807, 2.05) is 13.0 Å². The van der Waals surface area contributed by atoms with E-state index in [-0.39, 0.29) is 24.8 Å². The van der Waals surface area contributed by atoms with Gasteiger partial charge in [-0.2, -0.15) is 0 Å². The molecule has 5 heteroatoms. The summed E-state index contributed by atoms with van der Waals surface area (Å²) in [5.41, 5.74) is 0.895. The largest absolute Gasteiger partial charge is 0.481 e. The van der Waals surface area contributed by atoms with Crippen molar-refractivity contribution in [2.45, 2.75) is 25.8 Å². The summed E-state index contributed by atoms with van der Waals surface area (Å²) in [5, 5.41) is 11.1. The van der Waals surface area contributed by atoms with Gasteiger partial charge >= 0.3 is 5.97 Å². The van der Waals surface area contributed by atoms with Gasteiger partial charge in [0.05, 0.1) is 12.5 Å². The van der Waals surface area contributed by atoms with Gasteiger partial charge in [0, 0.05) is 18.8 Å². The van der Waals surface area contributed by atoms with Gasteiger partial charge in [-0.25, -0.2) is 0 Å². The van der Waals surface area contributed by atoms with Crippen LogP contribution in [0.1, 0.15) is 31.4 Å². The molecule has 0 aromatic carbocycles. The Hall–Kier alpha value is -1.91. The average Bonchev–Trinajstić information content (AvgIpc) is 2.27. The fraction of sp³-hybridized carbons (Fsp3) is 0.364. The number of pyridine rings is 1. The highest BCUT2D eigenvalue weighted by molar-refractivity contribution is 5.80. The molecule has 1 rings (SSSR count). The van der Waals surface area contributed by atoms with Gasteiger partial charge in [-0.1, -0.05) is 6.07 Å². The highest BCUT2D eigenvalue weighted by atomic mass is 16.4. The number of carboxylic acids is 1. The second kappa shape index (κ2) is 5.85. The van der Waals surface area contributed by atoms with E-state index in [9.17, 15) is 9.59 Å². The smallest absolute Gasteiger partial charge is 0.303 e. The maximum Gasteiger partial charge on any atom is 0.303 e. The summed E-state index contributed by atoms with van der Waals surface area (Å²) in [6, 6.07) is 3.49. The molecule has 0 radical (unpaired) electrons. The number of nitrogens with zero attached hydrogens (tertiary/aromatic N) is 1. The number of aliphatic carboxylic acids is 1. The van der Waals surface area contributed by atoms with E-state index in [0.717, 1.165) is 5.56 Å². The molecule has 0 aliphatic heterocycles. The molecule has 1 atom stereocenters. The van der Waals surface area contributed by atoms with Crippen molar-refractivity contribution in [1.82, 2.24) is 10.3 Å².